The van der Waals surface area contributed by atoms with Crippen molar-refractivity contribution >= 4 is 49.5 Å². The third-order valence-electron chi connectivity index (χ3n) is 9.87. The minimum atomic E-state index is -1.93. The summed E-state index contributed by atoms with van der Waals surface area (Å²) in [5.74, 6) is 3.08. The van der Waals surface area contributed by atoms with Gasteiger partial charge < -0.3 is 32.0 Å². The molecule has 7 aromatic rings. The Bertz CT molecular complexity index is 2560. The number of nitrogens with one attached hydrogen (secondary N) is 1. The highest BCUT2D eigenvalue weighted by Gasteiger charge is 2.28. The summed E-state index contributed by atoms with van der Waals surface area (Å²) in [4.78, 5) is 0. The molecule has 1 aromatic heterocycles. The molecule has 1 atom stereocenters. The summed E-state index contributed by atoms with van der Waals surface area (Å²) in [6.07, 6.45) is 0.583. The maximum Gasteiger partial charge on any atom is 0.453 e. The Balaban J connectivity index is 1.23. The number of benzene rings is 6. The lowest BCUT2D eigenvalue weighted by Gasteiger charge is -2.30. The van der Waals surface area contributed by atoms with Crippen molar-refractivity contribution in [1.29, 1.82) is 0 Å². The summed E-state index contributed by atoms with van der Waals surface area (Å²) in [7, 11) is 0.201. The van der Waals surface area contributed by atoms with Crippen molar-refractivity contribution < 1.29 is 26.9 Å². The van der Waals surface area contributed by atoms with Crippen molar-refractivity contribution in [1.82, 2.24) is 0 Å². The number of para-hydroxylation sites is 1. The second-order valence-corrected chi connectivity index (χ2v) is 16.5. The number of methoxy groups -OCH3 is 2. The van der Waals surface area contributed by atoms with Gasteiger partial charge >= 0.3 is 8.24 Å². The van der Waals surface area contributed by atoms with Crippen LogP contribution < -0.4 is 28.9 Å². The van der Waals surface area contributed by atoms with Crippen LogP contribution >= 0.6 is 16.5 Å². The van der Waals surface area contributed by atoms with Crippen molar-refractivity contribution in [3.63, 3.8) is 0 Å². The Labute approximate surface area is 318 Å². The van der Waals surface area contributed by atoms with Gasteiger partial charge in [-0.1, -0.05) is 71.8 Å². The Morgan fingerprint density at radius 1 is 0.556 bits per heavy atom. The van der Waals surface area contributed by atoms with Gasteiger partial charge in [-0.05, 0) is 111 Å². The van der Waals surface area contributed by atoms with Crippen molar-refractivity contribution in [3.05, 3.63) is 142 Å². The van der Waals surface area contributed by atoms with E-state index in [0.29, 0.717) is 17.6 Å². The zero-order chi connectivity index (χ0) is 37.7. The fourth-order valence-corrected chi connectivity index (χ4v) is 10.5. The van der Waals surface area contributed by atoms with Gasteiger partial charge in [0.15, 0.2) is 0 Å². The van der Waals surface area contributed by atoms with Crippen molar-refractivity contribution in [3.8, 4) is 34.1 Å². The molecule has 0 saturated heterocycles. The first kappa shape index (κ1) is 35.7. The summed E-state index contributed by atoms with van der Waals surface area (Å²) in [5, 5.41) is 6.62. The summed E-state index contributed by atoms with van der Waals surface area (Å²) in [6.45, 7) is 12.5. The lowest BCUT2D eigenvalue weighted by Crippen LogP contribution is -2.19. The third kappa shape index (κ3) is 6.68. The standard InChI is InChI=1S/C45H43NO6P2/c1-26-17-28(3)42(49-53-41-16-12-10-14-37(41)36-13-9-11-15-40(36)46-53)32(19-26)23-33-20-27(2)18-29(4)43(33)50-54-51-44-30(5)21-34(47-7)24-38(44)39-25-35(48-8)22-31(6)45(39)52-54/h9-22,24-25,46H,23H2,1-8H3. The molecule has 0 spiro atoms. The maximum atomic E-state index is 7.08. The molecule has 6 aromatic carbocycles. The molecule has 8 rings (SSSR count). The van der Waals surface area contributed by atoms with Crippen LogP contribution in [0.1, 0.15) is 44.5 Å². The normalized spacial score (nSPS) is 13.2. The van der Waals surface area contributed by atoms with Gasteiger partial charge in [0.05, 0.1) is 14.2 Å². The molecule has 0 bridgehead atoms. The summed E-state index contributed by atoms with van der Waals surface area (Å²) in [6, 6.07) is 33.6. The number of hydrogen-bond donors (Lipinski definition) is 1. The summed E-state index contributed by atoms with van der Waals surface area (Å²) < 4.78 is 38.7. The number of rotatable bonds is 8. The van der Waals surface area contributed by atoms with E-state index in [1.165, 1.54) is 22.0 Å². The fourth-order valence-electron chi connectivity index (χ4n) is 7.48. The molecule has 1 aliphatic heterocycles. The average molecular weight is 756 g/mol. The van der Waals surface area contributed by atoms with E-state index in [1.807, 2.05) is 38.1 Å². The van der Waals surface area contributed by atoms with Crippen molar-refractivity contribution in [2.45, 2.75) is 48.0 Å². The number of fused-ring (bicyclic) bond motifs is 6. The molecule has 0 amide bonds. The van der Waals surface area contributed by atoms with E-state index in [2.05, 4.69) is 106 Å². The molecule has 274 valence electrons. The second-order valence-electron chi connectivity index (χ2n) is 14.0. The minimum Gasteiger partial charge on any atom is -0.497 e. The highest BCUT2D eigenvalue weighted by Crippen LogP contribution is 2.50. The van der Waals surface area contributed by atoms with E-state index in [9.17, 15) is 0 Å². The molecule has 1 unspecified atom stereocenters. The maximum absolute atomic E-state index is 7.08. The Kier molecular flexibility index (Phi) is 9.56. The quantitative estimate of drug-likeness (QED) is 0.155. The average Bonchev–Trinajstić information content (AvgIpc) is 3.31. The van der Waals surface area contributed by atoms with Gasteiger partial charge in [0.1, 0.15) is 34.2 Å². The Morgan fingerprint density at radius 2 is 1.07 bits per heavy atom. The second kappa shape index (κ2) is 14.5. The summed E-state index contributed by atoms with van der Waals surface area (Å²) >= 11 is 0. The molecule has 54 heavy (non-hydrogen) atoms. The predicted octanol–water partition coefficient (Wildman–Crippen LogP) is 12.7. The van der Waals surface area contributed by atoms with E-state index < -0.39 is 16.5 Å². The van der Waals surface area contributed by atoms with E-state index in [-0.39, 0.29) is 0 Å². The molecule has 1 N–H and O–H groups in total. The van der Waals surface area contributed by atoms with Crippen LogP contribution in [-0.4, -0.2) is 14.2 Å². The van der Waals surface area contributed by atoms with Crippen LogP contribution in [0.5, 0.6) is 23.0 Å². The monoisotopic (exact) mass is 755 g/mol. The Morgan fingerprint density at radius 3 is 1.65 bits per heavy atom. The largest absolute Gasteiger partial charge is 0.497 e. The highest BCUT2D eigenvalue weighted by atomic mass is 31.2. The number of anilines is 1. The Hall–Kier alpha value is -5.35. The van der Waals surface area contributed by atoms with Crippen LogP contribution in [0.2, 0.25) is 0 Å². The first-order chi connectivity index (χ1) is 26.1. The fraction of sp³-hybridized carbons (Fsp3) is 0.200. The molecule has 0 saturated carbocycles. The number of hydrogen-bond acceptors (Lipinski definition) is 7. The third-order valence-corrected chi connectivity index (χ3v) is 12.5. The lowest BCUT2D eigenvalue weighted by atomic mass is 9.96. The molecule has 0 aliphatic carbocycles. The molecule has 9 heteroatoms. The minimum absolute atomic E-state index is 0.583. The van der Waals surface area contributed by atoms with E-state index >= 15 is 0 Å². The van der Waals surface area contributed by atoms with Crippen LogP contribution in [0.4, 0.5) is 5.69 Å². The van der Waals surface area contributed by atoms with Crippen LogP contribution in [0.25, 0.3) is 33.1 Å². The molecule has 7 nitrogen and oxygen atoms in total. The van der Waals surface area contributed by atoms with E-state index in [1.54, 1.807) is 14.2 Å². The van der Waals surface area contributed by atoms with Gasteiger partial charge in [0.25, 0.3) is 0 Å². The zero-order valence-electron chi connectivity index (χ0n) is 31.8. The highest BCUT2D eigenvalue weighted by molar-refractivity contribution is 7.63. The SMILES string of the molecule is COc1cc(C)c2op(Oc3c(C)cc(C)cc3Cc3cc(C)cc(C)c3OP3Nc4ccccc4-c4ccccc43)oc3c(C)cc(OC)cc3c2c1. The van der Waals surface area contributed by atoms with Gasteiger partial charge in [-0.2, -0.15) is 0 Å². The molecule has 2 heterocycles. The van der Waals surface area contributed by atoms with E-state index in [0.717, 1.165) is 78.4 Å². The van der Waals surface area contributed by atoms with E-state index in [4.69, 9.17) is 26.9 Å². The van der Waals surface area contributed by atoms with Gasteiger partial charge in [-0.3, -0.25) is 0 Å². The van der Waals surface area contributed by atoms with Crippen molar-refractivity contribution in [2.24, 2.45) is 0 Å². The zero-order valence-corrected chi connectivity index (χ0v) is 33.6. The number of aryl methyl sites for hydroxylation is 6. The van der Waals surface area contributed by atoms with Gasteiger partial charge in [-0.15, -0.1) is 0 Å². The first-order valence-electron chi connectivity index (χ1n) is 17.9. The van der Waals surface area contributed by atoms with Crippen LogP contribution in [0, 0.1) is 41.5 Å². The lowest BCUT2D eigenvalue weighted by molar-refractivity contribution is 0.414. The van der Waals surface area contributed by atoms with Gasteiger partial charge in [0, 0.05) is 39.3 Å². The smallest absolute Gasteiger partial charge is 0.453 e. The van der Waals surface area contributed by atoms with Gasteiger partial charge in [0.2, 0.25) is 8.30 Å². The summed E-state index contributed by atoms with van der Waals surface area (Å²) in [5.41, 5.74) is 13.2. The van der Waals surface area contributed by atoms with Crippen LogP contribution in [-0.2, 0) is 6.42 Å². The molecule has 1 aliphatic rings. The van der Waals surface area contributed by atoms with Crippen LogP contribution in [0.3, 0.4) is 0 Å². The van der Waals surface area contributed by atoms with Gasteiger partial charge in [-0.25, -0.2) is 0 Å². The number of ether oxygens (including phenoxy) is 2. The molecular formula is C45H43NO6P2. The topological polar surface area (TPSA) is 75.2 Å². The van der Waals surface area contributed by atoms with Crippen molar-refractivity contribution in [2.75, 3.05) is 19.3 Å². The molecule has 0 fully saturated rings. The molecule has 0 radical (unpaired) electrons. The molecular weight excluding hydrogens is 712 g/mol. The predicted molar refractivity (Wildman–Crippen MR) is 222 cm³/mol. The first-order valence-corrected chi connectivity index (χ1v) is 20.3. The van der Waals surface area contributed by atoms with Crippen LogP contribution in [0.15, 0.2) is 105 Å².